The van der Waals surface area contributed by atoms with Crippen LogP contribution in [0.2, 0.25) is 0 Å². The molecule has 23 heavy (non-hydrogen) atoms. The molecular weight excluding hydrogens is 292 g/mol. The monoisotopic (exact) mass is 308 g/mol. The SMILES string of the molecule is COc1ccc2cc(OC(=O)c3cc(N)cc(N)c3)ccc2c1. The van der Waals surface area contributed by atoms with Crippen molar-refractivity contribution in [2.24, 2.45) is 0 Å². The lowest BCUT2D eigenvalue weighted by Gasteiger charge is -2.08. The molecule has 3 aromatic rings. The van der Waals surface area contributed by atoms with E-state index in [1.807, 2.05) is 24.3 Å². The number of hydrogen-bond acceptors (Lipinski definition) is 5. The standard InChI is InChI=1S/C18H16N2O3/c1-22-16-4-2-12-9-17(5-3-11(12)8-16)23-18(21)13-6-14(19)10-15(20)7-13/h2-10H,19-20H2,1H3. The molecule has 116 valence electrons. The van der Waals surface area contributed by atoms with Crippen molar-refractivity contribution in [1.82, 2.24) is 0 Å². The minimum absolute atomic E-state index is 0.317. The number of nitrogens with two attached hydrogens (primary N) is 2. The van der Waals surface area contributed by atoms with Gasteiger partial charge in [-0.15, -0.1) is 0 Å². The molecule has 0 heterocycles. The number of methoxy groups -OCH3 is 1. The van der Waals surface area contributed by atoms with Gasteiger partial charge in [-0.2, -0.15) is 0 Å². The van der Waals surface area contributed by atoms with Crippen LogP contribution in [0, 0.1) is 0 Å². The van der Waals surface area contributed by atoms with Crippen molar-refractivity contribution in [1.29, 1.82) is 0 Å². The maximum atomic E-state index is 12.2. The molecule has 0 aliphatic heterocycles. The second-order valence-corrected chi connectivity index (χ2v) is 5.15. The Morgan fingerprint density at radius 1 is 0.826 bits per heavy atom. The summed E-state index contributed by atoms with van der Waals surface area (Å²) in [6.45, 7) is 0. The maximum absolute atomic E-state index is 12.2. The Kier molecular flexibility index (Phi) is 3.76. The summed E-state index contributed by atoms with van der Waals surface area (Å²) in [6.07, 6.45) is 0. The molecule has 0 aliphatic carbocycles. The Morgan fingerprint density at radius 3 is 2.00 bits per heavy atom. The predicted molar refractivity (Wildman–Crippen MR) is 90.7 cm³/mol. The number of carbonyl (C=O) groups excluding carboxylic acids is 1. The Bertz CT molecular complexity index is 870. The number of benzene rings is 3. The van der Waals surface area contributed by atoms with Crippen molar-refractivity contribution < 1.29 is 14.3 Å². The molecule has 0 saturated heterocycles. The van der Waals surface area contributed by atoms with Crippen LogP contribution in [0.15, 0.2) is 54.6 Å². The van der Waals surface area contributed by atoms with E-state index in [-0.39, 0.29) is 0 Å². The van der Waals surface area contributed by atoms with Crippen LogP contribution < -0.4 is 20.9 Å². The lowest BCUT2D eigenvalue weighted by Crippen LogP contribution is -2.09. The van der Waals surface area contributed by atoms with Gasteiger partial charge in [-0.1, -0.05) is 12.1 Å². The Labute approximate surface area is 133 Å². The van der Waals surface area contributed by atoms with Gasteiger partial charge in [-0.05, 0) is 53.2 Å². The highest BCUT2D eigenvalue weighted by molar-refractivity contribution is 5.94. The number of fused-ring (bicyclic) bond motifs is 1. The van der Waals surface area contributed by atoms with Gasteiger partial charge in [-0.25, -0.2) is 4.79 Å². The van der Waals surface area contributed by atoms with E-state index in [0.717, 1.165) is 16.5 Å². The van der Waals surface area contributed by atoms with Crippen LogP contribution in [-0.2, 0) is 0 Å². The first-order valence-electron chi connectivity index (χ1n) is 7.01. The highest BCUT2D eigenvalue weighted by Crippen LogP contribution is 2.25. The molecule has 0 aliphatic rings. The van der Waals surface area contributed by atoms with Crippen molar-refractivity contribution in [2.45, 2.75) is 0 Å². The topological polar surface area (TPSA) is 87.6 Å². The molecular formula is C18H16N2O3. The molecule has 0 unspecified atom stereocenters. The van der Waals surface area contributed by atoms with Crippen molar-refractivity contribution in [2.75, 3.05) is 18.6 Å². The maximum Gasteiger partial charge on any atom is 0.343 e. The Balaban J connectivity index is 1.87. The fourth-order valence-electron chi connectivity index (χ4n) is 2.35. The molecule has 0 amide bonds. The molecule has 4 N–H and O–H groups in total. The smallest absolute Gasteiger partial charge is 0.343 e. The van der Waals surface area contributed by atoms with Crippen LogP contribution >= 0.6 is 0 Å². The van der Waals surface area contributed by atoms with Gasteiger partial charge in [0.1, 0.15) is 11.5 Å². The number of anilines is 2. The zero-order chi connectivity index (χ0) is 16.4. The summed E-state index contributed by atoms with van der Waals surface area (Å²) in [5.74, 6) is 0.725. The van der Waals surface area contributed by atoms with Crippen LogP contribution in [0.3, 0.4) is 0 Å². The number of esters is 1. The third-order valence-electron chi connectivity index (χ3n) is 3.44. The summed E-state index contributed by atoms with van der Waals surface area (Å²) >= 11 is 0. The summed E-state index contributed by atoms with van der Waals surface area (Å²) in [6, 6.07) is 15.7. The molecule has 5 nitrogen and oxygen atoms in total. The number of rotatable bonds is 3. The van der Waals surface area contributed by atoms with E-state index in [1.54, 1.807) is 25.3 Å². The number of hydrogen-bond donors (Lipinski definition) is 2. The molecule has 3 aromatic carbocycles. The second-order valence-electron chi connectivity index (χ2n) is 5.15. The van der Waals surface area contributed by atoms with Crippen LogP contribution in [0.1, 0.15) is 10.4 Å². The molecule has 0 aromatic heterocycles. The molecule has 0 fully saturated rings. The molecule has 5 heteroatoms. The largest absolute Gasteiger partial charge is 0.497 e. The summed E-state index contributed by atoms with van der Waals surface area (Å²) < 4.78 is 10.6. The highest BCUT2D eigenvalue weighted by Gasteiger charge is 2.10. The molecule has 0 atom stereocenters. The summed E-state index contributed by atoms with van der Waals surface area (Å²) in [5, 5.41) is 1.94. The van der Waals surface area contributed by atoms with Crippen LogP contribution in [0.5, 0.6) is 11.5 Å². The van der Waals surface area contributed by atoms with Gasteiger partial charge in [0.2, 0.25) is 0 Å². The van der Waals surface area contributed by atoms with Gasteiger partial charge in [-0.3, -0.25) is 0 Å². The lowest BCUT2D eigenvalue weighted by atomic mass is 10.1. The van der Waals surface area contributed by atoms with Gasteiger partial charge in [0.05, 0.1) is 12.7 Å². The normalized spacial score (nSPS) is 10.5. The summed E-state index contributed by atoms with van der Waals surface area (Å²) in [7, 11) is 1.62. The Morgan fingerprint density at radius 2 is 1.39 bits per heavy atom. The van der Waals surface area contributed by atoms with Gasteiger partial charge in [0.25, 0.3) is 0 Å². The average molecular weight is 308 g/mol. The van der Waals surface area contributed by atoms with Crippen molar-refractivity contribution in [3.63, 3.8) is 0 Å². The third-order valence-corrected chi connectivity index (χ3v) is 3.44. The first-order chi connectivity index (χ1) is 11.0. The number of carbonyl (C=O) groups is 1. The second kappa shape index (κ2) is 5.88. The van der Waals surface area contributed by atoms with E-state index in [0.29, 0.717) is 22.7 Å². The van der Waals surface area contributed by atoms with Gasteiger partial charge < -0.3 is 20.9 Å². The molecule has 0 radical (unpaired) electrons. The zero-order valence-corrected chi connectivity index (χ0v) is 12.6. The van der Waals surface area contributed by atoms with E-state index < -0.39 is 5.97 Å². The highest BCUT2D eigenvalue weighted by atomic mass is 16.5. The zero-order valence-electron chi connectivity index (χ0n) is 12.6. The average Bonchev–Trinajstić information content (AvgIpc) is 2.53. The number of ether oxygens (including phenoxy) is 2. The first-order valence-corrected chi connectivity index (χ1v) is 7.01. The Hall–Kier alpha value is -3.21. The first kappa shape index (κ1) is 14.7. The van der Waals surface area contributed by atoms with E-state index in [4.69, 9.17) is 20.9 Å². The molecule has 0 bridgehead atoms. The predicted octanol–water partition coefficient (Wildman–Crippen LogP) is 3.23. The van der Waals surface area contributed by atoms with Crippen molar-refractivity contribution in [3.05, 3.63) is 60.2 Å². The van der Waals surface area contributed by atoms with Crippen LogP contribution in [-0.4, -0.2) is 13.1 Å². The summed E-state index contributed by atoms with van der Waals surface area (Å²) in [5.41, 5.74) is 12.5. The fraction of sp³-hybridized carbons (Fsp3) is 0.0556. The lowest BCUT2D eigenvalue weighted by molar-refractivity contribution is 0.0735. The molecule has 0 saturated carbocycles. The quantitative estimate of drug-likeness (QED) is 0.440. The van der Waals surface area contributed by atoms with Crippen molar-refractivity contribution in [3.8, 4) is 11.5 Å². The summed E-state index contributed by atoms with van der Waals surface area (Å²) in [4.78, 5) is 12.2. The van der Waals surface area contributed by atoms with Crippen LogP contribution in [0.25, 0.3) is 10.8 Å². The van der Waals surface area contributed by atoms with E-state index in [9.17, 15) is 4.79 Å². The fourth-order valence-corrected chi connectivity index (χ4v) is 2.35. The minimum atomic E-state index is -0.503. The van der Waals surface area contributed by atoms with Gasteiger partial charge in [0, 0.05) is 11.4 Å². The van der Waals surface area contributed by atoms with Gasteiger partial charge >= 0.3 is 5.97 Å². The number of nitrogen functional groups attached to an aromatic ring is 2. The van der Waals surface area contributed by atoms with E-state index in [2.05, 4.69) is 0 Å². The third kappa shape index (κ3) is 3.18. The van der Waals surface area contributed by atoms with Crippen LogP contribution in [0.4, 0.5) is 11.4 Å². The van der Waals surface area contributed by atoms with E-state index >= 15 is 0 Å². The van der Waals surface area contributed by atoms with Crippen molar-refractivity contribution >= 4 is 28.1 Å². The molecule has 3 rings (SSSR count). The minimum Gasteiger partial charge on any atom is -0.497 e. The van der Waals surface area contributed by atoms with E-state index in [1.165, 1.54) is 12.1 Å². The molecule has 0 spiro atoms. The van der Waals surface area contributed by atoms with Gasteiger partial charge in [0.15, 0.2) is 0 Å².